The molecule has 0 aliphatic heterocycles. The van der Waals surface area contributed by atoms with E-state index in [0.29, 0.717) is 12.4 Å². The van der Waals surface area contributed by atoms with Gasteiger partial charge in [0.25, 0.3) is 0 Å². The van der Waals surface area contributed by atoms with Crippen LogP contribution in [0, 0.1) is 0 Å². The minimum absolute atomic E-state index is 0.475. The first-order valence-corrected chi connectivity index (χ1v) is 11.0. The monoisotopic (exact) mass is 439 g/mol. The van der Waals surface area contributed by atoms with Crippen molar-refractivity contribution >= 4 is 10.9 Å². The summed E-state index contributed by atoms with van der Waals surface area (Å²) in [7, 11) is 2.07. The zero-order valence-corrected chi connectivity index (χ0v) is 18.7. The number of nitrogens with one attached hydrogen (secondary N) is 1. The van der Waals surface area contributed by atoms with Gasteiger partial charge in [0.05, 0.1) is 0 Å². The van der Waals surface area contributed by atoms with Crippen LogP contribution < -0.4 is 9.47 Å². The maximum Gasteiger partial charge on any atom is 0.204 e. The van der Waals surface area contributed by atoms with Crippen molar-refractivity contribution in [2.45, 2.75) is 26.4 Å². The first-order chi connectivity index (χ1) is 16.2. The van der Waals surface area contributed by atoms with E-state index in [0.717, 1.165) is 41.2 Å². The number of aromatic nitrogens is 5. The van der Waals surface area contributed by atoms with E-state index in [1.807, 2.05) is 48.5 Å². The molecule has 7 heteroatoms. The lowest BCUT2D eigenvalue weighted by atomic mass is 10.0. The van der Waals surface area contributed by atoms with Gasteiger partial charge >= 0.3 is 0 Å². The van der Waals surface area contributed by atoms with Gasteiger partial charge < -0.3 is 14.0 Å². The second kappa shape index (κ2) is 9.16. The quantitative estimate of drug-likeness (QED) is 0.336. The third-order valence-corrected chi connectivity index (χ3v) is 5.62. The van der Waals surface area contributed by atoms with Crippen molar-refractivity contribution in [3.8, 4) is 28.6 Å². The lowest BCUT2D eigenvalue weighted by molar-refractivity contribution is 0.303. The Bertz CT molecular complexity index is 1360. The first-order valence-electron chi connectivity index (χ1n) is 11.0. The summed E-state index contributed by atoms with van der Waals surface area (Å²) >= 11 is 0. The summed E-state index contributed by atoms with van der Waals surface area (Å²) in [5, 5.41) is 15.3. The second-order valence-corrected chi connectivity index (χ2v) is 7.95. The van der Waals surface area contributed by atoms with Crippen LogP contribution in [0.2, 0.25) is 0 Å². The van der Waals surface area contributed by atoms with Gasteiger partial charge in [-0.2, -0.15) is 5.21 Å². The Hall–Kier alpha value is -4.13. The maximum atomic E-state index is 6.27. The topological polar surface area (TPSA) is 77.8 Å². The van der Waals surface area contributed by atoms with Crippen molar-refractivity contribution in [1.82, 2.24) is 25.2 Å². The number of rotatable bonds is 8. The van der Waals surface area contributed by atoms with Crippen molar-refractivity contribution in [2.75, 3.05) is 0 Å². The molecule has 7 nitrogen and oxygen atoms in total. The molecular formula is C26H25N5O2. The number of fused-ring (bicyclic) bond motifs is 1. The summed E-state index contributed by atoms with van der Waals surface area (Å²) < 4.78 is 14.5. The molecule has 5 aromatic rings. The Balaban J connectivity index is 1.29. The fourth-order valence-electron chi connectivity index (χ4n) is 3.99. The molecule has 1 N–H and O–H groups in total. The highest BCUT2D eigenvalue weighted by Gasteiger charge is 2.11. The number of hydrogen-bond acceptors (Lipinski definition) is 5. The molecule has 0 amide bonds. The Labute approximate surface area is 192 Å². The summed E-state index contributed by atoms with van der Waals surface area (Å²) in [6.45, 7) is 2.67. The van der Waals surface area contributed by atoms with Gasteiger partial charge in [0.15, 0.2) is 0 Å². The number of tetrazole rings is 1. The van der Waals surface area contributed by atoms with E-state index in [1.165, 1.54) is 16.5 Å². The van der Waals surface area contributed by atoms with Crippen LogP contribution in [-0.4, -0.2) is 25.2 Å². The molecule has 33 heavy (non-hydrogen) atoms. The van der Waals surface area contributed by atoms with Gasteiger partial charge in [0.2, 0.25) is 5.82 Å². The zero-order valence-electron chi connectivity index (χ0n) is 18.7. The third kappa shape index (κ3) is 4.43. The molecule has 0 fully saturated rings. The summed E-state index contributed by atoms with van der Waals surface area (Å²) in [6, 6.07) is 21.9. The van der Waals surface area contributed by atoms with Crippen LogP contribution in [-0.2, 0) is 20.1 Å². The molecule has 3 aromatic carbocycles. The SMILES string of the molecule is CCCc1c(OCc2cccc(Oc3ccc(-c4nn[nH]n4)cc3)c2)ccc2c1ccn2C. The average molecular weight is 440 g/mol. The summed E-state index contributed by atoms with van der Waals surface area (Å²) in [5.41, 5.74) is 4.42. The van der Waals surface area contributed by atoms with Gasteiger partial charge in [-0.3, -0.25) is 0 Å². The number of aromatic amines is 1. The Kier molecular flexibility index (Phi) is 5.76. The Morgan fingerprint density at radius 1 is 0.970 bits per heavy atom. The molecule has 2 heterocycles. The average Bonchev–Trinajstić information content (AvgIpc) is 3.50. The number of aryl methyl sites for hydroxylation is 2. The normalized spacial score (nSPS) is 11.1. The highest BCUT2D eigenvalue weighted by Crippen LogP contribution is 2.31. The summed E-state index contributed by atoms with van der Waals surface area (Å²) in [4.78, 5) is 0. The molecule has 166 valence electrons. The molecule has 0 saturated carbocycles. The molecule has 0 aliphatic rings. The lowest BCUT2D eigenvalue weighted by Crippen LogP contribution is -2.00. The van der Waals surface area contributed by atoms with E-state index >= 15 is 0 Å². The summed E-state index contributed by atoms with van der Waals surface area (Å²) in [6.07, 6.45) is 4.15. The van der Waals surface area contributed by atoms with Crippen LogP contribution in [0.4, 0.5) is 0 Å². The van der Waals surface area contributed by atoms with Crippen LogP contribution in [0.3, 0.4) is 0 Å². The van der Waals surface area contributed by atoms with Crippen molar-refractivity contribution in [2.24, 2.45) is 7.05 Å². The molecule has 0 spiro atoms. The smallest absolute Gasteiger partial charge is 0.204 e. The van der Waals surface area contributed by atoms with Crippen LogP contribution in [0.1, 0.15) is 24.5 Å². The van der Waals surface area contributed by atoms with E-state index in [4.69, 9.17) is 9.47 Å². The van der Waals surface area contributed by atoms with E-state index in [2.05, 4.69) is 63.6 Å². The van der Waals surface area contributed by atoms with Gasteiger partial charge in [0, 0.05) is 35.3 Å². The molecule has 0 atom stereocenters. The first kappa shape index (κ1) is 20.8. The number of ether oxygens (including phenoxy) is 2. The van der Waals surface area contributed by atoms with Gasteiger partial charge in [0.1, 0.15) is 23.9 Å². The molecule has 0 bridgehead atoms. The molecule has 5 rings (SSSR count). The second-order valence-electron chi connectivity index (χ2n) is 7.95. The minimum atomic E-state index is 0.475. The van der Waals surface area contributed by atoms with Crippen LogP contribution in [0.5, 0.6) is 17.2 Å². The van der Waals surface area contributed by atoms with Gasteiger partial charge in [-0.05, 0) is 71.8 Å². The van der Waals surface area contributed by atoms with E-state index < -0.39 is 0 Å². The highest BCUT2D eigenvalue weighted by molar-refractivity contribution is 5.86. The van der Waals surface area contributed by atoms with Crippen LogP contribution in [0.25, 0.3) is 22.3 Å². The molecule has 2 aromatic heterocycles. The standard InChI is InChI=1S/C26H25N5O2/c1-3-5-23-22-14-15-31(2)24(22)12-13-25(23)32-17-18-6-4-7-21(16-18)33-20-10-8-19(9-11-20)26-27-29-30-28-26/h4,6-16H,3,5,17H2,1-2H3,(H,27,28,29,30). The summed E-state index contributed by atoms with van der Waals surface area (Å²) in [5.74, 6) is 2.99. The van der Waals surface area contributed by atoms with Crippen LogP contribution >= 0.6 is 0 Å². The van der Waals surface area contributed by atoms with E-state index in [1.54, 1.807) is 0 Å². The third-order valence-electron chi connectivity index (χ3n) is 5.62. The maximum absolute atomic E-state index is 6.27. The molecule has 0 radical (unpaired) electrons. The lowest BCUT2D eigenvalue weighted by Gasteiger charge is -2.14. The number of benzene rings is 3. The predicted octanol–water partition coefficient (Wildman–Crippen LogP) is 5.68. The van der Waals surface area contributed by atoms with Crippen molar-refractivity contribution in [3.63, 3.8) is 0 Å². The Morgan fingerprint density at radius 2 is 1.85 bits per heavy atom. The van der Waals surface area contributed by atoms with Crippen molar-refractivity contribution in [1.29, 1.82) is 0 Å². The molecule has 0 saturated heterocycles. The number of H-pyrrole nitrogens is 1. The van der Waals surface area contributed by atoms with E-state index in [-0.39, 0.29) is 0 Å². The van der Waals surface area contributed by atoms with Gasteiger partial charge in [-0.25, -0.2) is 0 Å². The zero-order chi connectivity index (χ0) is 22.6. The number of hydrogen-bond donors (Lipinski definition) is 1. The molecule has 0 unspecified atom stereocenters. The Morgan fingerprint density at radius 3 is 2.64 bits per heavy atom. The number of nitrogens with zero attached hydrogens (tertiary/aromatic N) is 4. The van der Waals surface area contributed by atoms with Gasteiger partial charge in [-0.1, -0.05) is 25.5 Å². The highest BCUT2D eigenvalue weighted by atomic mass is 16.5. The van der Waals surface area contributed by atoms with Crippen molar-refractivity contribution < 1.29 is 9.47 Å². The predicted molar refractivity (Wildman–Crippen MR) is 127 cm³/mol. The van der Waals surface area contributed by atoms with Crippen molar-refractivity contribution in [3.05, 3.63) is 84.1 Å². The molecular weight excluding hydrogens is 414 g/mol. The largest absolute Gasteiger partial charge is 0.489 e. The van der Waals surface area contributed by atoms with E-state index in [9.17, 15) is 0 Å². The fourth-order valence-corrected chi connectivity index (χ4v) is 3.99. The minimum Gasteiger partial charge on any atom is -0.489 e. The van der Waals surface area contributed by atoms with Crippen LogP contribution in [0.15, 0.2) is 72.9 Å². The molecule has 0 aliphatic carbocycles. The van der Waals surface area contributed by atoms with Gasteiger partial charge in [-0.15, -0.1) is 10.2 Å². The fraction of sp³-hybridized carbons (Fsp3) is 0.192.